The molecule has 0 amide bonds. The quantitative estimate of drug-likeness (QED) is 0.744. The van der Waals surface area contributed by atoms with Crippen LogP contribution in [0.5, 0.6) is 5.75 Å². The Morgan fingerprint density at radius 3 is 2.64 bits per heavy atom. The smallest absolute Gasteiger partial charge is 0.129 e. The van der Waals surface area contributed by atoms with E-state index in [1.165, 1.54) is 0 Å². The SMILES string of the molecule is CNCc1nc(-c2ccccc2OCc2ccccc2)cs1. The zero-order valence-corrected chi connectivity index (χ0v) is 13.3. The van der Waals surface area contributed by atoms with Gasteiger partial charge in [0.2, 0.25) is 0 Å². The van der Waals surface area contributed by atoms with Crippen LogP contribution in [0.25, 0.3) is 11.3 Å². The maximum absolute atomic E-state index is 6.00. The molecule has 22 heavy (non-hydrogen) atoms. The molecule has 0 saturated heterocycles. The Morgan fingerprint density at radius 2 is 1.82 bits per heavy atom. The van der Waals surface area contributed by atoms with Crippen LogP contribution < -0.4 is 10.1 Å². The summed E-state index contributed by atoms with van der Waals surface area (Å²) in [5, 5.41) is 6.29. The summed E-state index contributed by atoms with van der Waals surface area (Å²) in [6.45, 7) is 1.35. The van der Waals surface area contributed by atoms with Crippen molar-refractivity contribution in [3.63, 3.8) is 0 Å². The third-order valence-corrected chi connectivity index (χ3v) is 4.13. The molecule has 1 aromatic heterocycles. The fourth-order valence-corrected chi connectivity index (χ4v) is 3.01. The third kappa shape index (κ3) is 3.53. The van der Waals surface area contributed by atoms with Crippen molar-refractivity contribution in [2.24, 2.45) is 0 Å². The van der Waals surface area contributed by atoms with Crippen LogP contribution in [0.1, 0.15) is 10.6 Å². The molecule has 0 spiro atoms. The summed E-state index contributed by atoms with van der Waals surface area (Å²) in [4.78, 5) is 4.66. The maximum Gasteiger partial charge on any atom is 0.129 e. The molecular formula is C18H18N2OS. The molecule has 0 radical (unpaired) electrons. The van der Waals surface area contributed by atoms with Gasteiger partial charge < -0.3 is 10.1 Å². The number of thiazole rings is 1. The van der Waals surface area contributed by atoms with Crippen molar-refractivity contribution in [3.05, 3.63) is 70.5 Å². The van der Waals surface area contributed by atoms with Gasteiger partial charge in [-0.05, 0) is 24.7 Å². The zero-order chi connectivity index (χ0) is 15.2. The van der Waals surface area contributed by atoms with Gasteiger partial charge in [-0.1, -0.05) is 42.5 Å². The van der Waals surface area contributed by atoms with E-state index >= 15 is 0 Å². The lowest BCUT2D eigenvalue weighted by Crippen LogP contribution is -2.04. The maximum atomic E-state index is 6.00. The van der Waals surface area contributed by atoms with Gasteiger partial charge in [-0.3, -0.25) is 0 Å². The Bertz CT molecular complexity index is 725. The highest BCUT2D eigenvalue weighted by atomic mass is 32.1. The highest BCUT2D eigenvalue weighted by Crippen LogP contribution is 2.31. The van der Waals surface area contributed by atoms with Gasteiger partial charge in [0.15, 0.2) is 0 Å². The first-order chi connectivity index (χ1) is 10.9. The van der Waals surface area contributed by atoms with Crippen LogP contribution in [-0.2, 0) is 13.2 Å². The van der Waals surface area contributed by atoms with Gasteiger partial charge in [-0.25, -0.2) is 4.98 Å². The Morgan fingerprint density at radius 1 is 1.05 bits per heavy atom. The number of rotatable bonds is 6. The van der Waals surface area contributed by atoms with E-state index < -0.39 is 0 Å². The van der Waals surface area contributed by atoms with Crippen LogP contribution in [0.3, 0.4) is 0 Å². The Labute approximate surface area is 134 Å². The number of para-hydroxylation sites is 1. The van der Waals surface area contributed by atoms with Crippen LogP contribution in [-0.4, -0.2) is 12.0 Å². The van der Waals surface area contributed by atoms with Gasteiger partial charge >= 0.3 is 0 Å². The van der Waals surface area contributed by atoms with E-state index in [1.54, 1.807) is 11.3 Å². The van der Waals surface area contributed by atoms with Crippen LogP contribution in [0.15, 0.2) is 60.0 Å². The molecule has 0 fully saturated rings. The molecule has 0 aliphatic rings. The number of nitrogens with one attached hydrogen (secondary N) is 1. The van der Waals surface area contributed by atoms with Crippen LogP contribution in [0.4, 0.5) is 0 Å². The summed E-state index contributed by atoms with van der Waals surface area (Å²) in [7, 11) is 1.93. The molecule has 3 aromatic rings. The summed E-state index contributed by atoms with van der Waals surface area (Å²) >= 11 is 1.66. The second kappa shape index (κ2) is 7.20. The van der Waals surface area contributed by atoms with Gasteiger partial charge in [0.05, 0.1) is 5.69 Å². The fraction of sp³-hybridized carbons (Fsp3) is 0.167. The molecule has 4 heteroatoms. The second-order valence-electron chi connectivity index (χ2n) is 4.93. The third-order valence-electron chi connectivity index (χ3n) is 3.28. The predicted molar refractivity (Wildman–Crippen MR) is 91.1 cm³/mol. The van der Waals surface area contributed by atoms with E-state index in [0.29, 0.717) is 6.61 Å². The minimum atomic E-state index is 0.561. The molecule has 1 heterocycles. The lowest BCUT2D eigenvalue weighted by molar-refractivity contribution is 0.307. The number of hydrogen-bond donors (Lipinski definition) is 1. The summed E-state index contributed by atoms with van der Waals surface area (Å²) in [6.07, 6.45) is 0. The lowest BCUT2D eigenvalue weighted by atomic mass is 10.1. The molecule has 112 valence electrons. The molecule has 0 aliphatic heterocycles. The van der Waals surface area contributed by atoms with Gasteiger partial charge in [0, 0.05) is 17.5 Å². The molecular weight excluding hydrogens is 292 g/mol. The van der Waals surface area contributed by atoms with E-state index in [4.69, 9.17) is 4.74 Å². The van der Waals surface area contributed by atoms with Crippen molar-refractivity contribution in [2.45, 2.75) is 13.2 Å². The number of nitrogens with zero attached hydrogens (tertiary/aromatic N) is 1. The van der Waals surface area contributed by atoms with E-state index in [1.807, 2.05) is 43.4 Å². The number of aromatic nitrogens is 1. The Hall–Kier alpha value is -2.17. The number of hydrogen-bond acceptors (Lipinski definition) is 4. The minimum Gasteiger partial charge on any atom is -0.488 e. The molecule has 3 nitrogen and oxygen atoms in total. The monoisotopic (exact) mass is 310 g/mol. The van der Waals surface area contributed by atoms with Crippen LogP contribution in [0, 0.1) is 0 Å². The van der Waals surface area contributed by atoms with Crippen molar-refractivity contribution >= 4 is 11.3 Å². The molecule has 1 N–H and O–H groups in total. The van der Waals surface area contributed by atoms with E-state index in [0.717, 1.165) is 34.1 Å². The Kier molecular flexibility index (Phi) is 4.83. The first-order valence-corrected chi connectivity index (χ1v) is 8.10. The first-order valence-electron chi connectivity index (χ1n) is 7.22. The summed E-state index contributed by atoms with van der Waals surface area (Å²) < 4.78 is 6.00. The average Bonchev–Trinajstić information content (AvgIpc) is 3.03. The molecule has 0 aliphatic carbocycles. The molecule has 0 saturated carbocycles. The predicted octanol–water partition coefficient (Wildman–Crippen LogP) is 4.11. The van der Waals surface area contributed by atoms with Crippen molar-refractivity contribution in [1.82, 2.24) is 10.3 Å². The van der Waals surface area contributed by atoms with Crippen molar-refractivity contribution in [2.75, 3.05) is 7.05 Å². The molecule has 3 rings (SSSR count). The topological polar surface area (TPSA) is 34.2 Å². The van der Waals surface area contributed by atoms with Gasteiger partial charge in [0.25, 0.3) is 0 Å². The normalized spacial score (nSPS) is 10.6. The second-order valence-corrected chi connectivity index (χ2v) is 5.87. The van der Waals surface area contributed by atoms with Gasteiger partial charge in [-0.2, -0.15) is 0 Å². The van der Waals surface area contributed by atoms with Crippen molar-refractivity contribution in [3.8, 4) is 17.0 Å². The first kappa shape index (κ1) is 14.8. The average molecular weight is 310 g/mol. The number of benzene rings is 2. The summed E-state index contributed by atoms with van der Waals surface area (Å²) in [5.41, 5.74) is 3.17. The highest BCUT2D eigenvalue weighted by Gasteiger charge is 2.10. The summed E-state index contributed by atoms with van der Waals surface area (Å²) in [6, 6.07) is 18.2. The molecule has 2 aromatic carbocycles. The van der Waals surface area contributed by atoms with E-state index in [-0.39, 0.29) is 0 Å². The lowest BCUT2D eigenvalue weighted by Gasteiger charge is -2.10. The molecule has 0 unspecified atom stereocenters. The standard InChI is InChI=1S/C18H18N2OS/c1-19-11-18-20-16(13-22-18)15-9-5-6-10-17(15)21-12-14-7-3-2-4-8-14/h2-10,13,19H,11-12H2,1H3. The van der Waals surface area contributed by atoms with Gasteiger partial charge in [0.1, 0.15) is 17.4 Å². The fourth-order valence-electron chi connectivity index (χ4n) is 2.21. The minimum absolute atomic E-state index is 0.561. The van der Waals surface area contributed by atoms with E-state index in [9.17, 15) is 0 Å². The van der Waals surface area contributed by atoms with Gasteiger partial charge in [-0.15, -0.1) is 11.3 Å². The molecule has 0 bridgehead atoms. The van der Waals surface area contributed by atoms with Crippen LogP contribution >= 0.6 is 11.3 Å². The number of ether oxygens (including phenoxy) is 1. The van der Waals surface area contributed by atoms with Crippen molar-refractivity contribution in [1.29, 1.82) is 0 Å². The Balaban J connectivity index is 1.80. The van der Waals surface area contributed by atoms with Crippen molar-refractivity contribution < 1.29 is 4.74 Å². The molecule has 0 atom stereocenters. The van der Waals surface area contributed by atoms with E-state index in [2.05, 4.69) is 33.9 Å². The summed E-state index contributed by atoms with van der Waals surface area (Å²) in [5.74, 6) is 0.868. The largest absolute Gasteiger partial charge is 0.488 e. The zero-order valence-electron chi connectivity index (χ0n) is 12.5. The van der Waals surface area contributed by atoms with Crippen LogP contribution in [0.2, 0.25) is 0 Å². The highest BCUT2D eigenvalue weighted by molar-refractivity contribution is 7.09.